The number of amides is 3. The molecule has 9 nitrogen and oxygen atoms in total. The summed E-state index contributed by atoms with van der Waals surface area (Å²) in [5.41, 5.74) is 7.36. The molecule has 212 valence electrons. The Balaban J connectivity index is 1.29. The van der Waals surface area contributed by atoms with Gasteiger partial charge in [-0.3, -0.25) is 9.36 Å². The molecule has 2 atom stereocenters. The van der Waals surface area contributed by atoms with E-state index in [-0.39, 0.29) is 36.6 Å². The van der Waals surface area contributed by atoms with Gasteiger partial charge in [0.15, 0.2) is 5.78 Å². The largest absolute Gasteiger partial charge is 0.369 e. The lowest BCUT2D eigenvalue weighted by Gasteiger charge is -2.34. The summed E-state index contributed by atoms with van der Waals surface area (Å²) < 4.78 is 30.6. The number of ketones is 1. The molecular weight excluding hydrogens is 542 g/mol. The van der Waals surface area contributed by atoms with E-state index in [0.717, 1.165) is 36.8 Å². The second-order valence-corrected chi connectivity index (χ2v) is 10.8. The van der Waals surface area contributed by atoms with Gasteiger partial charge < -0.3 is 25.8 Å². The van der Waals surface area contributed by atoms with Crippen molar-refractivity contribution in [2.24, 2.45) is 5.73 Å². The molecule has 3 amide bonds. The highest BCUT2D eigenvalue weighted by atomic mass is 35.5. The summed E-state index contributed by atoms with van der Waals surface area (Å²) in [6.45, 7) is 3.04. The number of aromatic nitrogens is 1. The number of piperazine rings is 1. The quantitative estimate of drug-likeness (QED) is 0.459. The van der Waals surface area contributed by atoms with Gasteiger partial charge in [-0.2, -0.15) is 0 Å². The minimum atomic E-state index is -1.38. The van der Waals surface area contributed by atoms with Crippen molar-refractivity contribution in [3.63, 3.8) is 0 Å². The van der Waals surface area contributed by atoms with Gasteiger partial charge in [-0.05, 0) is 37.2 Å². The van der Waals surface area contributed by atoms with Crippen LogP contribution in [-0.4, -0.2) is 84.2 Å². The van der Waals surface area contributed by atoms with Crippen molar-refractivity contribution in [2.45, 2.75) is 31.5 Å². The lowest BCUT2D eigenvalue weighted by atomic mass is 10.0. The number of likely N-dealkylation sites (tertiary alicyclic amines) is 1. The van der Waals surface area contributed by atoms with E-state index in [1.807, 2.05) is 7.05 Å². The van der Waals surface area contributed by atoms with Gasteiger partial charge in [-0.1, -0.05) is 29.8 Å². The molecule has 1 aromatic heterocycles. The number of Topliss-reactive ketones (excluding diaryl/α,β-unsaturated/α-hetero) is 1. The number of rotatable bonds is 6. The number of nitrogens with one attached hydrogen (secondary N) is 1. The summed E-state index contributed by atoms with van der Waals surface area (Å²) in [4.78, 5) is 43.8. The molecule has 3 heterocycles. The van der Waals surface area contributed by atoms with Gasteiger partial charge >= 0.3 is 12.1 Å². The van der Waals surface area contributed by atoms with Gasteiger partial charge in [-0.15, -0.1) is 0 Å². The van der Waals surface area contributed by atoms with Gasteiger partial charge in [0.05, 0.1) is 28.8 Å². The molecule has 0 saturated carbocycles. The summed E-state index contributed by atoms with van der Waals surface area (Å²) in [6.07, 6.45) is -0.133. The first kappa shape index (κ1) is 27.9. The lowest BCUT2D eigenvalue weighted by molar-refractivity contribution is -0.122. The summed E-state index contributed by atoms with van der Waals surface area (Å²) in [5, 5.41) is 3.25. The van der Waals surface area contributed by atoms with Crippen LogP contribution in [0.25, 0.3) is 10.9 Å². The number of likely N-dealkylation sites (N-methyl/N-ethyl adjacent to an activating group) is 1. The molecule has 0 aliphatic carbocycles. The smallest absolute Gasteiger partial charge is 0.323 e. The second-order valence-electron chi connectivity index (χ2n) is 10.4. The monoisotopic (exact) mass is 572 g/mol. The van der Waals surface area contributed by atoms with Gasteiger partial charge in [0.1, 0.15) is 12.0 Å². The van der Waals surface area contributed by atoms with Gasteiger partial charge in [0.25, 0.3) is 0 Å². The van der Waals surface area contributed by atoms with E-state index < -0.39 is 30.1 Å². The van der Waals surface area contributed by atoms with Crippen LogP contribution in [0.5, 0.6) is 0 Å². The lowest BCUT2D eigenvalue weighted by Crippen LogP contribution is -2.44. The zero-order chi connectivity index (χ0) is 28.6. The second kappa shape index (κ2) is 11.4. The van der Waals surface area contributed by atoms with Crippen LogP contribution in [0.15, 0.2) is 42.6 Å². The molecule has 0 unspecified atom stereocenters. The van der Waals surface area contributed by atoms with Gasteiger partial charge in [-0.25, -0.2) is 18.4 Å². The number of fused-ring (bicyclic) bond motifs is 1. The van der Waals surface area contributed by atoms with E-state index in [9.17, 15) is 23.2 Å². The molecule has 12 heteroatoms. The predicted octanol–water partition coefficient (Wildman–Crippen LogP) is 4.26. The van der Waals surface area contributed by atoms with Crippen LogP contribution in [0.4, 0.5) is 29.7 Å². The average molecular weight is 573 g/mol. The number of carbonyl (C=O) groups is 3. The maximum atomic E-state index is 14.9. The van der Waals surface area contributed by atoms with Crippen LogP contribution in [0, 0.1) is 5.82 Å². The fourth-order valence-corrected chi connectivity index (χ4v) is 5.68. The van der Waals surface area contributed by atoms with Crippen molar-refractivity contribution in [3.05, 3.63) is 59.0 Å². The van der Waals surface area contributed by atoms with E-state index in [1.165, 1.54) is 10.8 Å². The number of aryl methyl sites for hydroxylation is 1. The number of alkyl halides is 1. The number of halogens is 3. The van der Waals surface area contributed by atoms with Crippen LogP contribution in [0.1, 0.15) is 18.4 Å². The number of para-hydroxylation sites is 1. The molecule has 2 aromatic carbocycles. The van der Waals surface area contributed by atoms with E-state index in [2.05, 4.69) is 15.1 Å². The van der Waals surface area contributed by atoms with Crippen molar-refractivity contribution in [2.75, 3.05) is 50.0 Å². The molecule has 0 spiro atoms. The number of nitrogens with two attached hydrogens (primary N) is 1. The van der Waals surface area contributed by atoms with Crippen molar-refractivity contribution in [1.82, 2.24) is 14.4 Å². The molecule has 2 fully saturated rings. The summed E-state index contributed by atoms with van der Waals surface area (Å²) >= 11 is 6.19. The third-order valence-electron chi connectivity index (χ3n) is 7.67. The van der Waals surface area contributed by atoms with Crippen LogP contribution < -0.4 is 16.0 Å². The Kier molecular flexibility index (Phi) is 7.95. The third-order valence-corrected chi connectivity index (χ3v) is 7.95. The first-order chi connectivity index (χ1) is 19.1. The van der Waals surface area contributed by atoms with Crippen LogP contribution in [-0.2, 0) is 11.2 Å². The SMILES string of the molecule is CN1CCN(c2cc(Cl)c(F)c(CCC(=O)[C@@H]3C[C@@H](F)CN3C(=O)Nc3cn(C(N)=O)c4ccccc34)c2)CC1. The maximum Gasteiger partial charge on any atom is 0.323 e. The molecule has 0 bridgehead atoms. The number of carbonyl (C=O) groups excluding carboxylic acids is 3. The van der Waals surface area contributed by atoms with Crippen LogP contribution >= 0.6 is 11.6 Å². The van der Waals surface area contributed by atoms with E-state index in [1.54, 1.807) is 36.4 Å². The topological polar surface area (TPSA) is 104 Å². The number of anilines is 2. The number of nitrogens with zero attached hydrogens (tertiary/aromatic N) is 4. The van der Waals surface area contributed by atoms with Crippen molar-refractivity contribution in [3.8, 4) is 0 Å². The maximum absolute atomic E-state index is 14.9. The fraction of sp³-hybridized carbons (Fsp3) is 0.393. The summed E-state index contributed by atoms with van der Waals surface area (Å²) in [7, 11) is 2.04. The molecule has 2 aliphatic heterocycles. The number of benzene rings is 2. The number of hydrogen-bond acceptors (Lipinski definition) is 5. The van der Waals surface area contributed by atoms with Crippen LogP contribution in [0.3, 0.4) is 0 Å². The number of urea groups is 1. The molecule has 40 heavy (non-hydrogen) atoms. The standard InChI is InChI=1S/C28H31ClF2N6O3/c1-34-8-10-35(11-9-34)19-12-17(26(31)21(29)14-19)6-7-25(38)24-13-18(30)15-37(24)28(40)33-22-16-36(27(32)39)23-5-3-2-4-20(22)23/h2-5,12,14,16,18,24H,6-11,13,15H2,1H3,(H2,32,39)(H,33,40)/t18-,24+/m1/s1. The van der Waals surface area contributed by atoms with E-state index in [4.69, 9.17) is 17.3 Å². The highest BCUT2D eigenvalue weighted by Crippen LogP contribution is 2.30. The number of primary amides is 1. The highest BCUT2D eigenvalue weighted by molar-refractivity contribution is 6.31. The normalized spacial score (nSPS) is 19.8. The molecule has 5 rings (SSSR count). The summed E-state index contributed by atoms with van der Waals surface area (Å²) in [6, 6.07) is 7.78. The van der Waals surface area contributed by atoms with E-state index >= 15 is 0 Å². The fourth-order valence-electron chi connectivity index (χ4n) is 5.45. The number of hydrogen-bond donors (Lipinski definition) is 2. The Morgan fingerprint density at radius 1 is 1.12 bits per heavy atom. The Morgan fingerprint density at radius 3 is 2.58 bits per heavy atom. The van der Waals surface area contributed by atoms with Gasteiger partial charge in [0, 0.05) is 56.3 Å². The Labute approximate surface area is 235 Å². The zero-order valence-electron chi connectivity index (χ0n) is 22.1. The highest BCUT2D eigenvalue weighted by Gasteiger charge is 2.39. The molecule has 0 radical (unpaired) electrons. The molecule has 3 aromatic rings. The Bertz CT molecular complexity index is 1460. The molecular formula is C28H31ClF2N6O3. The van der Waals surface area contributed by atoms with Crippen molar-refractivity contribution < 1.29 is 23.2 Å². The van der Waals surface area contributed by atoms with Crippen molar-refractivity contribution in [1.29, 1.82) is 0 Å². The van der Waals surface area contributed by atoms with Gasteiger partial charge in [0.2, 0.25) is 0 Å². The first-order valence-electron chi connectivity index (χ1n) is 13.2. The molecule has 2 aliphatic rings. The Morgan fingerprint density at radius 2 is 1.85 bits per heavy atom. The molecule has 2 saturated heterocycles. The Hall–Kier alpha value is -3.70. The predicted molar refractivity (Wildman–Crippen MR) is 150 cm³/mol. The molecule has 3 N–H and O–H groups in total. The van der Waals surface area contributed by atoms with E-state index in [0.29, 0.717) is 22.2 Å². The summed E-state index contributed by atoms with van der Waals surface area (Å²) in [5.74, 6) is -0.946. The average Bonchev–Trinajstić information content (AvgIpc) is 3.51. The zero-order valence-corrected chi connectivity index (χ0v) is 22.8. The first-order valence-corrected chi connectivity index (χ1v) is 13.6. The minimum absolute atomic E-state index is 0.0142. The third kappa shape index (κ3) is 5.62. The van der Waals surface area contributed by atoms with Crippen LogP contribution in [0.2, 0.25) is 5.02 Å². The minimum Gasteiger partial charge on any atom is -0.369 e. The van der Waals surface area contributed by atoms with Crippen molar-refractivity contribution >= 4 is 51.7 Å².